The largest absolute Gasteiger partial charge is 0.350 e. The summed E-state index contributed by atoms with van der Waals surface area (Å²) in [5, 5.41) is 5.73. The van der Waals surface area contributed by atoms with Crippen molar-refractivity contribution >= 4 is 11.8 Å². The van der Waals surface area contributed by atoms with Crippen LogP contribution in [0.1, 0.15) is 21.5 Å². The molecule has 2 amide bonds. The van der Waals surface area contributed by atoms with Gasteiger partial charge in [0, 0.05) is 30.9 Å². The zero-order valence-electron chi connectivity index (χ0n) is 14.8. The van der Waals surface area contributed by atoms with Crippen LogP contribution >= 0.6 is 0 Å². The molecular weight excluding hydrogens is 338 g/mol. The maximum atomic E-state index is 12.7. The van der Waals surface area contributed by atoms with Crippen molar-refractivity contribution in [2.24, 2.45) is 0 Å². The van der Waals surface area contributed by atoms with Gasteiger partial charge >= 0.3 is 0 Å². The fourth-order valence-corrected chi connectivity index (χ4v) is 2.71. The maximum Gasteiger partial charge on any atom is 0.251 e. The Morgan fingerprint density at radius 3 is 2.19 bits per heavy atom. The van der Waals surface area contributed by atoms with E-state index in [1.807, 2.05) is 48.5 Å². The first-order chi connectivity index (χ1) is 13.2. The van der Waals surface area contributed by atoms with Gasteiger partial charge in [0.1, 0.15) is 6.04 Å². The molecule has 0 saturated heterocycles. The van der Waals surface area contributed by atoms with E-state index in [1.165, 1.54) is 0 Å². The Labute approximate surface area is 158 Å². The van der Waals surface area contributed by atoms with E-state index in [0.29, 0.717) is 18.5 Å². The van der Waals surface area contributed by atoms with Crippen molar-refractivity contribution in [2.45, 2.75) is 19.0 Å². The molecule has 27 heavy (non-hydrogen) atoms. The SMILES string of the molecule is O=C(NC(Cc1ccccc1)C(=O)NCc1cccnc1)c1ccccc1. The zero-order chi connectivity index (χ0) is 18.9. The number of aromatic nitrogens is 1. The van der Waals surface area contributed by atoms with Gasteiger partial charge in [-0.1, -0.05) is 54.6 Å². The maximum absolute atomic E-state index is 12.7. The molecule has 2 N–H and O–H groups in total. The summed E-state index contributed by atoms with van der Waals surface area (Å²) in [7, 11) is 0. The van der Waals surface area contributed by atoms with E-state index in [9.17, 15) is 9.59 Å². The van der Waals surface area contributed by atoms with Crippen LogP contribution in [0, 0.1) is 0 Å². The van der Waals surface area contributed by atoms with Gasteiger partial charge < -0.3 is 10.6 Å². The molecule has 1 atom stereocenters. The molecule has 0 spiro atoms. The van der Waals surface area contributed by atoms with E-state index < -0.39 is 6.04 Å². The Kier molecular flexibility index (Phi) is 6.30. The van der Waals surface area contributed by atoms with Crippen molar-refractivity contribution in [3.63, 3.8) is 0 Å². The van der Waals surface area contributed by atoms with E-state index >= 15 is 0 Å². The molecule has 3 aromatic rings. The van der Waals surface area contributed by atoms with Gasteiger partial charge in [0.2, 0.25) is 5.91 Å². The van der Waals surface area contributed by atoms with E-state index in [1.54, 1.807) is 36.7 Å². The van der Waals surface area contributed by atoms with Crippen molar-refractivity contribution in [2.75, 3.05) is 0 Å². The molecule has 0 aliphatic heterocycles. The predicted octanol–water partition coefficient (Wildman–Crippen LogP) is 2.74. The third-order valence-corrected chi connectivity index (χ3v) is 4.13. The topological polar surface area (TPSA) is 71.1 Å². The van der Waals surface area contributed by atoms with Gasteiger partial charge in [0.25, 0.3) is 5.91 Å². The smallest absolute Gasteiger partial charge is 0.251 e. The Hall–Kier alpha value is -3.47. The Morgan fingerprint density at radius 2 is 1.52 bits per heavy atom. The number of benzene rings is 2. The number of carbonyl (C=O) groups is 2. The summed E-state index contributed by atoms with van der Waals surface area (Å²) in [6, 6.07) is 21.6. The lowest BCUT2D eigenvalue weighted by atomic mass is 10.0. The average molecular weight is 359 g/mol. The minimum Gasteiger partial charge on any atom is -0.350 e. The highest BCUT2D eigenvalue weighted by Gasteiger charge is 2.21. The average Bonchev–Trinajstić information content (AvgIpc) is 2.73. The molecule has 1 aromatic heterocycles. The summed E-state index contributed by atoms with van der Waals surface area (Å²) >= 11 is 0. The van der Waals surface area contributed by atoms with Crippen LogP contribution < -0.4 is 10.6 Å². The molecule has 0 fully saturated rings. The van der Waals surface area contributed by atoms with E-state index in [4.69, 9.17) is 0 Å². The number of nitrogens with zero attached hydrogens (tertiary/aromatic N) is 1. The summed E-state index contributed by atoms with van der Waals surface area (Å²) in [6.45, 7) is 0.360. The van der Waals surface area contributed by atoms with Gasteiger partial charge in [-0.2, -0.15) is 0 Å². The fourth-order valence-electron chi connectivity index (χ4n) is 2.71. The second kappa shape index (κ2) is 9.29. The molecule has 5 heteroatoms. The van der Waals surface area contributed by atoms with Crippen LogP contribution in [0.5, 0.6) is 0 Å². The van der Waals surface area contributed by atoms with Crippen LogP contribution in [-0.2, 0) is 17.8 Å². The molecular formula is C22H21N3O2. The molecule has 0 saturated carbocycles. The number of carbonyl (C=O) groups excluding carboxylic acids is 2. The highest BCUT2D eigenvalue weighted by molar-refractivity contribution is 5.97. The van der Waals surface area contributed by atoms with Gasteiger partial charge in [-0.15, -0.1) is 0 Å². The highest BCUT2D eigenvalue weighted by atomic mass is 16.2. The lowest BCUT2D eigenvalue weighted by molar-refractivity contribution is -0.123. The van der Waals surface area contributed by atoms with Crippen molar-refractivity contribution in [1.29, 1.82) is 0 Å². The van der Waals surface area contributed by atoms with E-state index in [2.05, 4.69) is 15.6 Å². The van der Waals surface area contributed by atoms with Gasteiger partial charge in [-0.3, -0.25) is 14.6 Å². The van der Waals surface area contributed by atoms with Gasteiger partial charge in [-0.25, -0.2) is 0 Å². The van der Waals surface area contributed by atoms with Crippen LogP contribution in [0.15, 0.2) is 85.2 Å². The van der Waals surface area contributed by atoms with Crippen LogP contribution in [0.2, 0.25) is 0 Å². The summed E-state index contributed by atoms with van der Waals surface area (Å²) in [5.74, 6) is -0.500. The molecule has 0 bridgehead atoms. The van der Waals surface area contributed by atoms with Crippen LogP contribution in [0.25, 0.3) is 0 Å². The molecule has 0 aliphatic carbocycles. The Bertz CT molecular complexity index is 868. The molecule has 3 rings (SSSR count). The number of hydrogen-bond acceptors (Lipinski definition) is 3. The van der Waals surface area contributed by atoms with Crippen LogP contribution in [0.3, 0.4) is 0 Å². The van der Waals surface area contributed by atoms with Crippen molar-refractivity contribution in [3.05, 3.63) is 102 Å². The molecule has 0 radical (unpaired) electrons. The van der Waals surface area contributed by atoms with Gasteiger partial charge in [0.05, 0.1) is 0 Å². The number of rotatable bonds is 7. The third-order valence-electron chi connectivity index (χ3n) is 4.13. The van der Waals surface area contributed by atoms with Gasteiger partial charge in [0.15, 0.2) is 0 Å². The quantitative estimate of drug-likeness (QED) is 0.681. The van der Waals surface area contributed by atoms with Crippen molar-refractivity contribution in [1.82, 2.24) is 15.6 Å². The lowest BCUT2D eigenvalue weighted by Gasteiger charge is -2.19. The molecule has 5 nitrogen and oxygen atoms in total. The molecule has 136 valence electrons. The zero-order valence-corrected chi connectivity index (χ0v) is 14.8. The standard InChI is InChI=1S/C22H21N3O2/c26-21(19-11-5-2-6-12-19)25-20(14-17-8-3-1-4-9-17)22(27)24-16-18-10-7-13-23-15-18/h1-13,15,20H,14,16H2,(H,24,27)(H,25,26). The summed E-state index contributed by atoms with van der Waals surface area (Å²) in [4.78, 5) is 29.3. The monoisotopic (exact) mass is 359 g/mol. The molecule has 1 unspecified atom stereocenters. The highest BCUT2D eigenvalue weighted by Crippen LogP contribution is 2.06. The van der Waals surface area contributed by atoms with Crippen LogP contribution in [0.4, 0.5) is 0 Å². The van der Waals surface area contributed by atoms with E-state index in [-0.39, 0.29) is 11.8 Å². The first-order valence-electron chi connectivity index (χ1n) is 8.79. The second-order valence-electron chi connectivity index (χ2n) is 6.16. The minimum atomic E-state index is -0.670. The van der Waals surface area contributed by atoms with E-state index in [0.717, 1.165) is 11.1 Å². The second-order valence-corrected chi connectivity index (χ2v) is 6.16. The van der Waals surface area contributed by atoms with Crippen molar-refractivity contribution < 1.29 is 9.59 Å². The third kappa shape index (κ3) is 5.51. The molecule has 0 aliphatic rings. The van der Waals surface area contributed by atoms with Crippen LogP contribution in [-0.4, -0.2) is 22.8 Å². The molecule has 2 aromatic carbocycles. The number of pyridine rings is 1. The molecule has 1 heterocycles. The van der Waals surface area contributed by atoms with Gasteiger partial charge in [-0.05, 0) is 29.3 Å². The normalized spacial score (nSPS) is 11.4. The predicted molar refractivity (Wildman–Crippen MR) is 104 cm³/mol. The minimum absolute atomic E-state index is 0.230. The Morgan fingerprint density at radius 1 is 0.852 bits per heavy atom. The first kappa shape index (κ1) is 18.3. The number of hydrogen-bond donors (Lipinski definition) is 2. The summed E-state index contributed by atoms with van der Waals surface area (Å²) in [5.41, 5.74) is 2.40. The summed E-state index contributed by atoms with van der Waals surface area (Å²) < 4.78 is 0. The fraction of sp³-hybridized carbons (Fsp3) is 0.136. The number of amides is 2. The Balaban J connectivity index is 1.70. The first-order valence-corrected chi connectivity index (χ1v) is 8.79. The summed E-state index contributed by atoms with van der Waals surface area (Å²) in [6.07, 6.45) is 3.80. The van der Waals surface area contributed by atoms with Crippen molar-refractivity contribution in [3.8, 4) is 0 Å². The number of nitrogens with one attached hydrogen (secondary N) is 2. The lowest BCUT2D eigenvalue weighted by Crippen LogP contribution is -2.47.